The molecule has 0 bridgehead atoms. The highest BCUT2D eigenvalue weighted by atomic mass is 19.1. The van der Waals surface area contributed by atoms with Crippen molar-refractivity contribution in [1.29, 1.82) is 0 Å². The fourth-order valence-electron chi connectivity index (χ4n) is 3.58. The van der Waals surface area contributed by atoms with Gasteiger partial charge in [-0.3, -0.25) is 14.5 Å². The number of halogens is 1. The molecule has 0 saturated heterocycles. The summed E-state index contributed by atoms with van der Waals surface area (Å²) in [6.45, 7) is 1.16. The van der Waals surface area contributed by atoms with Crippen LogP contribution in [0.2, 0.25) is 0 Å². The van der Waals surface area contributed by atoms with Gasteiger partial charge in [-0.2, -0.15) is 5.10 Å². The van der Waals surface area contributed by atoms with Gasteiger partial charge < -0.3 is 10.1 Å². The molecule has 0 spiro atoms. The molecule has 0 radical (unpaired) electrons. The number of hydrogen-bond acceptors (Lipinski definition) is 6. The highest BCUT2D eigenvalue weighted by Gasteiger charge is 2.31. The number of nitrogens with one attached hydrogen (secondary N) is 1. The van der Waals surface area contributed by atoms with Crippen LogP contribution in [0.1, 0.15) is 28.3 Å². The first-order valence-electron chi connectivity index (χ1n) is 10.2. The van der Waals surface area contributed by atoms with Crippen molar-refractivity contribution in [1.82, 2.24) is 29.9 Å². The SMILES string of the molecule is COCCc1cc2n(n1)CC[C@H](NC(=O)c1ncn(Cc3ccccc3F)n1)C(=O)N2C. The van der Waals surface area contributed by atoms with Crippen molar-refractivity contribution in [3.05, 3.63) is 59.6 Å². The van der Waals surface area contributed by atoms with Gasteiger partial charge in [0, 0.05) is 38.8 Å². The minimum Gasteiger partial charge on any atom is -0.384 e. The molecule has 1 aromatic carbocycles. The number of carbonyl (C=O) groups excluding carboxylic acids is 2. The molecule has 3 heterocycles. The zero-order chi connectivity index (χ0) is 22.7. The Morgan fingerprint density at radius 1 is 1.31 bits per heavy atom. The van der Waals surface area contributed by atoms with E-state index in [-0.39, 0.29) is 24.1 Å². The van der Waals surface area contributed by atoms with Crippen LogP contribution in [0.15, 0.2) is 36.7 Å². The number of carbonyl (C=O) groups is 2. The summed E-state index contributed by atoms with van der Waals surface area (Å²) in [4.78, 5) is 31.1. The second-order valence-corrected chi connectivity index (χ2v) is 7.53. The van der Waals surface area contributed by atoms with Gasteiger partial charge in [-0.15, -0.1) is 5.10 Å². The zero-order valence-corrected chi connectivity index (χ0v) is 17.9. The van der Waals surface area contributed by atoms with Crippen molar-refractivity contribution in [2.75, 3.05) is 25.7 Å². The third-order valence-electron chi connectivity index (χ3n) is 5.31. The average molecular weight is 441 g/mol. The number of hydrogen-bond donors (Lipinski definition) is 1. The number of amides is 2. The molecule has 0 unspecified atom stereocenters. The first kappa shape index (κ1) is 21.6. The van der Waals surface area contributed by atoms with Gasteiger partial charge in [-0.05, 0) is 12.5 Å². The van der Waals surface area contributed by atoms with Crippen LogP contribution in [-0.2, 0) is 29.0 Å². The smallest absolute Gasteiger partial charge is 0.291 e. The predicted molar refractivity (Wildman–Crippen MR) is 113 cm³/mol. The average Bonchev–Trinajstić information content (AvgIpc) is 3.40. The maximum absolute atomic E-state index is 13.8. The monoisotopic (exact) mass is 441 g/mol. The molecule has 0 fully saturated rings. The molecule has 11 heteroatoms. The number of methoxy groups -OCH3 is 1. The van der Waals surface area contributed by atoms with Crippen LogP contribution in [0.25, 0.3) is 0 Å². The summed E-state index contributed by atoms with van der Waals surface area (Å²) in [5.74, 6) is -0.583. The van der Waals surface area contributed by atoms with Crippen LogP contribution in [0, 0.1) is 5.82 Å². The molecule has 4 rings (SSSR count). The number of likely N-dealkylation sites (N-methyl/N-ethyl adjacent to an activating group) is 1. The van der Waals surface area contributed by atoms with Gasteiger partial charge in [0.25, 0.3) is 11.8 Å². The fourth-order valence-corrected chi connectivity index (χ4v) is 3.58. The Kier molecular flexibility index (Phi) is 6.26. The van der Waals surface area contributed by atoms with E-state index in [1.54, 1.807) is 37.0 Å². The van der Waals surface area contributed by atoms with E-state index < -0.39 is 11.9 Å². The molecule has 2 aromatic heterocycles. The molecule has 1 N–H and O–H groups in total. The summed E-state index contributed by atoms with van der Waals surface area (Å²) in [6.07, 6.45) is 2.39. The predicted octanol–water partition coefficient (Wildman–Crippen LogP) is 1.02. The first-order chi connectivity index (χ1) is 15.5. The summed E-state index contributed by atoms with van der Waals surface area (Å²) in [6, 6.07) is 7.44. The minimum absolute atomic E-state index is 0.0828. The Morgan fingerprint density at radius 2 is 2.12 bits per heavy atom. The second kappa shape index (κ2) is 9.27. The van der Waals surface area contributed by atoms with Gasteiger partial charge in [-0.1, -0.05) is 18.2 Å². The van der Waals surface area contributed by atoms with Crippen LogP contribution >= 0.6 is 0 Å². The van der Waals surface area contributed by atoms with Gasteiger partial charge in [0.1, 0.15) is 24.0 Å². The van der Waals surface area contributed by atoms with Gasteiger partial charge in [0.15, 0.2) is 0 Å². The third-order valence-corrected chi connectivity index (χ3v) is 5.31. The van der Waals surface area contributed by atoms with Gasteiger partial charge in [0.05, 0.1) is 18.8 Å². The quantitative estimate of drug-likeness (QED) is 0.587. The summed E-state index contributed by atoms with van der Waals surface area (Å²) in [5.41, 5.74) is 1.28. The van der Waals surface area contributed by atoms with Crippen LogP contribution in [0.4, 0.5) is 10.2 Å². The molecule has 1 aliphatic heterocycles. The fraction of sp³-hybridized carbons (Fsp3) is 0.381. The summed E-state index contributed by atoms with van der Waals surface area (Å²) < 4.78 is 22.1. The molecule has 10 nitrogen and oxygen atoms in total. The number of rotatable bonds is 7. The van der Waals surface area contributed by atoms with E-state index >= 15 is 0 Å². The molecular weight excluding hydrogens is 417 g/mol. The van der Waals surface area contributed by atoms with Crippen molar-refractivity contribution in [2.24, 2.45) is 0 Å². The van der Waals surface area contributed by atoms with Crippen molar-refractivity contribution >= 4 is 17.6 Å². The minimum atomic E-state index is -0.741. The number of benzene rings is 1. The van der Waals surface area contributed by atoms with E-state index in [4.69, 9.17) is 4.74 Å². The number of aryl methyl sites for hydroxylation is 1. The number of aromatic nitrogens is 5. The number of anilines is 1. The Bertz CT molecular complexity index is 1130. The molecule has 32 heavy (non-hydrogen) atoms. The van der Waals surface area contributed by atoms with Crippen molar-refractivity contribution in [3.8, 4) is 0 Å². The topological polar surface area (TPSA) is 107 Å². The van der Waals surface area contributed by atoms with E-state index in [0.717, 1.165) is 5.69 Å². The number of ether oxygens (including phenoxy) is 1. The van der Waals surface area contributed by atoms with Gasteiger partial charge >= 0.3 is 0 Å². The zero-order valence-electron chi connectivity index (χ0n) is 17.9. The largest absolute Gasteiger partial charge is 0.384 e. The molecule has 2 amide bonds. The molecule has 168 valence electrons. The van der Waals surface area contributed by atoms with Crippen LogP contribution < -0.4 is 10.2 Å². The van der Waals surface area contributed by atoms with Gasteiger partial charge in [0.2, 0.25) is 5.82 Å². The normalized spacial score (nSPS) is 16.0. The highest BCUT2D eigenvalue weighted by molar-refractivity contribution is 6.00. The third kappa shape index (κ3) is 4.52. The first-order valence-corrected chi connectivity index (χ1v) is 10.2. The molecule has 0 aliphatic carbocycles. The van der Waals surface area contributed by atoms with Gasteiger partial charge in [-0.25, -0.2) is 18.7 Å². The number of nitrogens with zero attached hydrogens (tertiary/aromatic N) is 6. The van der Waals surface area contributed by atoms with E-state index in [1.165, 1.54) is 22.0 Å². The van der Waals surface area contributed by atoms with E-state index in [1.807, 2.05) is 6.07 Å². The Balaban J connectivity index is 1.41. The second-order valence-electron chi connectivity index (χ2n) is 7.53. The van der Waals surface area contributed by atoms with E-state index in [2.05, 4.69) is 20.5 Å². The Hall–Kier alpha value is -3.60. The molecule has 1 atom stereocenters. The van der Waals surface area contributed by atoms with E-state index in [0.29, 0.717) is 37.4 Å². The molecule has 0 saturated carbocycles. The maximum atomic E-state index is 13.8. The lowest BCUT2D eigenvalue weighted by atomic mass is 10.2. The lowest BCUT2D eigenvalue weighted by molar-refractivity contribution is -0.120. The van der Waals surface area contributed by atoms with Crippen molar-refractivity contribution < 1.29 is 18.7 Å². The molecule has 3 aromatic rings. The lowest BCUT2D eigenvalue weighted by Crippen LogP contribution is -2.47. The Labute approximate surface area is 184 Å². The molecular formula is C21H24FN7O3. The standard InChI is InChI=1S/C21H24FN7O3/c1-27-18-11-15(8-10-32-2)25-29(18)9-7-17(21(27)31)24-20(30)19-23-13-28(26-19)12-14-5-3-4-6-16(14)22/h3-6,11,13,17H,7-10,12H2,1-2H3,(H,24,30)/t17-/m0/s1. The summed E-state index contributed by atoms with van der Waals surface area (Å²) >= 11 is 0. The lowest BCUT2D eigenvalue weighted by Gasteiger charge is -2.19. The van der Waals surface area contributed by atoms with Crippen molar-refractivity contribution in [3.63, 3.8) is 0 Å². The maximum Gasteiger partial charge on any atom is 0.291 e. The summed E-state index contributed by atoms with van der Waals surface area (Å²) in [7, 11) is 3.28. The highest BCUT2D eigenvalue weighted by Crippen LogP contribution is 2.21. The van der Waals surface area contributed by atoms with Crippen molar-refractivity contribution in [2.45, 2.75) is 32.0 Å². The summed E-state index contributed by atoms with van der Waals surface area (Å²) in [5, 5.41) is 11.4. The van der Waals surface area contributed by atoms with Crippen LogP contribution in [-0.4, -0.2) is 63.2 Å². The molecule has 1 aliphatic rings. The van der Waals surface area contributed by atoms with Crippen LogP contribution in [0.5, 0.6) is 0 Å². The van der Waals surface area contributed by atoms with E-state index in [9.17, 15) is 14.0 Å². The number of fused-ring (bicyclic) bond motifs is 1. The Morgan fingerprint density at radius 3 is 2.91 bits per heavy atom. The van der Waals surface area contributed by atoms with Crippen LogP contribution in [0.3, 0.4) is 0 Å².